The van der Waals surface area contributed by atoms with Crippen LogP contribution in [0.15, 0.2) is 24.3 Å². The van der Waals surface area contributed by atoms with Gasteiger partial charge in [-0.1, -0.05) is 12.1 Å². The molecule has 1 aromatic carbocycles. The van der Waals surface area contributed by atoms with Crippen molar-refractivity contribution in [1.82, 2.24) is 9.80 Å². The first-order valence-electron chi connectivity index (χ1n) is 6.25. The summed E-state index contributed by atoms with van der Waals surface area (Å²) in [4.78, 5) is 4.43. The van der Waals surface area contributed by atoms with Gasteiger partial charge in [0.15, 0.2) is 0 Å². The van der Waals surface area contributed by atoms with Crippen LogP contribution in [0.1, 0.15) is 11.6 Å². The standard InChI is InChI=1S/C14H25N3O/c1-16(2)8-9-17(3)11-14(15)12-6-5-7-13(10-12)18-4/h5-7,10,14H,8-9,11,15H2,1-4H3. The number of ether oxygens (including phenoxy) is 1. The molecule has 0 fully saturated rings. The Bertz CT molecular complexity index is 355. The Labute approximate surface area is 110 Å². The van der Waals surface area contributed by atoms with Crippen molar-refractivity contribution >= 4 is 0 Å². The zero-order valence-electron chi connectivity index (χ0n) is 11.9. The van der Waals surface area contributed by atoms with Crippen molar-refractivity contribution in [3.8, 4) is 5.75 Å². The van der Waals surface area contributed by atoms with Crippen LogP contribution in [-0.4, -0.2) is 57.7 Å². The van der Waals surface area contributed by atoms with E-state index in [-0.39, 0.29) is 6.04 Å². The molecule has 0 aromatic heterocycles. The Balaban J connectivity index is 2.50. The van der Waals surface area contributed by atoms with E-state index in [1.807, 2.05) is 24.3 Å². The molecule has 1 rings (SSSR count). The maximum absolute atomic E-state index is 6.22. The van der Waals surface area contributed by atoms with E-state index in [1.54, 1.807) is 7.11 Å². The average Bonchev–Trinajstić information content (AvgIpc) is 2.36. The normalized spacial score (nSPS) is 13.1. The lowest BCUT2D eigenvalue weighted by atomic mass is 10.1. The topological polar surface area (TPSA) is 41.7 Å². The van der Waals surface area contributed by atoms with E-state index in [9.17, 15) is 0 Å². The number of nitrogens with zero attached hydrogens (tertiary/aromatic N) is 2. The Morgan fingerprint density at radius 3 is 2.56 bits per heavy atom. The largest absolute Gasteiger partial charge is 0.497 e. The third-order valence-electron chi connectivity index (χ3n) is 2.96. The molecule has 0 saturated carbocycles. The predicted octanol–water partition coefficient (Wildman–Crippen LogP) is 1.19. The predicted molar refractivity (Wildman–Crippen MR) is 76.0 cm³/mol. The molecule has 0 bridgehead atoms. The molecule has 102 valence electrons. The summed E-state index contributed by atoms with van der Waals surface area (Å²) in [5, 5.41) is 0. The lowest BCUT2D eigenvalue weighted by Gasteiger charge is -2.23. The van der Waals surface area contributed by atoms with Gasteiger partial charge < -0.3 is 20.3 Å². The van der Waals surface area contributed by atoms with E-state index in [1.165, 1.54) is 0 Å². The lowest BCUT2D eigenvalue weighted by Crippen LogP contribution is -2.34. The van der Waals surface area contributed by atoms with E-state index in [2.05, 4.69) is 30.9 Å². The number of benzene rings is 1. The molecule has 1 atom stereocenters. The summed E-state index contributed by atoms with van der Waals surface area (Å²) in [7, 11) is 7.93. The molecule has 0 saturated heterocycles. The minimum absolute atomic E-state index is 0.0206. The molecule has 18 heavy (non-hydrogen) atoms. The first-order chi connectivity index (χ1) is 8.52. The van der Waals surface area contributed by atoms with Crippen LogP contribution in [0.5, 0.6) is 5.75 Å². The summed E-state index contributed by atoms with van der Waals surface area (Å²) in [6.07, 6.45) is 0. The van der Waals surface area contributed by atoms with Crippen molar-refractivity contribution in [1.29, 1.82) is 0 Å². The fraction of sp³-hybridized carbons (Fsp3) is 0.571. The molecule has 4 heteroatoms. The van der Waals surface area contributed by atoms with Crippen molar-refractivity contribution < 1.29 is 4.74 Å². The van der Waals surface area contributed by atoms with Gasteiger partial charge in [0.25, 0.3) is 0 Å². The second-order valence-corrected chi connectivity index (χ2v) is 4.95. The first kappa shape index (κ1) is 15.0. The number of nitrogens with two attached hydrogens (primary N) is 1. The zero-order valence-corrected chi connectivity index (χ0v) is 11.9. The van der Waals surface area contributed by atoms with E-state index in [4.69, 9.17) is 10.5 Å². The summed E-state index contributed by atoms with van der Waals surface area (Å²) in [6, 6.07) is 7.99. The molecule has 0 amide bonds. The third-order valence-corrected chi connectivity index (χ3v) is 2.96. The van der Waals surface area contributed by atoms with Crippen LogP contribution >= 0.6 is 0 Å². The number of methoxy groups -OCH3 is 1. The maximum atomic E-state index is 6.22. The van der Waals surface area contributed by atoms with Gasteiger partial charge in [-0.15, -0.1) is 0 Å². The van der Waals surface area contributed by atoms with Crippen LogP contribution < -0.4 is 10.5 Å². The number of likely N-dealkylation sites (N-methyl/N-ethyl adjacent to an activating group) is 2. The molecule has 0 heterocycles. The molecule has 2 N–H and O–H groups in total. The molecule has 4 nitrogen and oxygen atoms in total. The molecule has 0 spiro atoms. The van der Waals surface area contributed by atoms with Crippen molar-refractivity contribution in [3.63, 3.8) is 0 Å². The maximum Gasteiger partial charge on any atom is 0.119 e. The number of rotatable bonds is 7. The molecule has 0 aliphatic heterocycles. The summed E-state index contributed by atoms with van der Waals surface area (Å²) in [5.41, 5.74) is 7.33. The van der Waals surface area contributed by atoms with Gasteiger partial charge in [-0.05, 0) is 38.8 Å². The minimum atomic E-state index is 0.0206. The summed E-state index contributed by atoms with van der Waals surface area (Å²) in [5.74, 6) is 0.860. The average molecular weight is 251 g/mol. The van der Waals surface area contributed by atoms with Crippen molar-refractivity contribution in [2.45, 2.75) is 6.04 Å². The van der Waals surface area contributed by atoms with Crippen molar-refractivity contribution in [2.24, 2.45) is 5.73 Å². The second-order valence-electron chi connectivity index (χ2n) is 4.95. The molecular formula is C14H25N3O. The second kappa shape index (κ2) is 7.36. The summed E-state index contributed by atoms with van der Waals surface area (Å²) < 4.78 is 5.21. The molecule has 0 aliphatic carbocycles. The van der Waals surface area contributed by atoms with Crippen LogP contribution in [-0.2, 0) is 0 Å². The van der Waals surface area contributed by atoms with Gasteiger partial charge in [0.1, 0.15) is 5.75 Å². The summed E-state index contributed by atoms with van der Waals surface area (Å²) in [6.45, 7) is 2.91. The van der Waals surface area contributed by atoms with Crippen LogP contribution in [0.25, 0.3) is 0 Å². The Kier molecular flexibility index (Phi) is 6.12. The smallest absolute Gasteiger partial charge is 0.119 e. The number of hydrogen-bond acceptors (Lipinski definition) is 4. The van der Waals surface area contributed by atoms with E-state index < -0.39 is 0 Å². The van der Waals surface area contributed by atoms with Gasteiger partial charge in [-0.25, -0.2) is 0 Å². The van der Waals surface area contributed by atoms with E-state index >= 15 is 0 Å². The first-order valence-corrected chi connectivity index (χ1v) is 6.25. The van der Waals surface area contributed by atoms with Crippen LogP contribution in [0.4, 0.5) is 0 Å². The van der Waals surface area contributed by atoms with Crippen LogP contribution in [0, 0.1) is 0 Å². The molecule has 1 unspecified atom stereocenters. The van der Waals surface area contributed by atoms with Gasteiger partial charge in [0.2, 0.25) is 0 Å². The Hall–Kier alpha value is -1.10. The quantitative estimate of drug-likeness (QED) is 0.790. The highest BCUT2D eigenvalue weighted by Gasteiger charge is 2.10. The molecule has 0 aliphatic rings. The Morgan fingerprint density at radius 2 is 1.94 bits per heavy atom. The highest BCUT2D eigenvalue weighted by atomic mass is 16.5. The monoisotopic (exact) mass is 251 g/mol. The number of hydrogen-bond donors (Lipinski definition) is 1. The molecular weight excluding hydrogens is 226 g/mol. The fourth-order valence-electron chi connectivity index (χ4n) is 1.78. The Morgan fingerprint density at radius 1 is 1.22 bits per heavy atom. The van der Waals surface area contributed by atoms with Gasteiger partial charge in [0.05, 0.1) is 7.11 Å². The van der Waals surface area contributed by atoms with E-state index in [0.29, 0.717) is 0 Å². The van der Waals surface area contributed by atoms with Crippen molar-refractivity contribution in [2.75, 3.05) is 47.9 Å². The van der Waals surface area contributed by atoms with Gasteiger partial charge >= 0.3 is 0 Å². The summed E-state index contributed by atoms with van der Waals surface area (Å²) >= 11 is 0. The van der Waals surface area contributed by atoms with Gasteiger partial charge in [-0.2, -0.15) is 0 Å². The van der Waals surface area contributed by atoms with Gasteiger partial charge in [0, 0.05) is 25.7 Å². The highest BCUT2D eigenvalue weighted by molar-refractivity contribution is 5.30. The lowest BCUT2D eigenvalue weighted by molar-refractivity contribution is 0.269. The minimum Gasteiger partial charge on any atom is -0.497 e. The van der Waals surface area contributed by atoms with Crippen LogP contribution in [0.3, 0.4) is 0 Å². The van der Waals surface area contributed by atoms with E-state index in [0.717, 1.165) is 30.9 Å². The third kappa shape index (κ3) is 5.04. The molecule has 0 radical (unpaired) electrons. The zero-order chi connectivity index (χ0) is 13.5. The SMILES string of the molecule is COc1cccc(C(N)CN(C)CCN(C)C)c1. The molecule has 1 aromatic rings. The van der Waals surface area contributed by atoms with Crippen molar-refractivity contribution in [3.05, 3.63) is 29.8 Å². The van der Waals surface area contributed by atoms with Gasteiger partial charge in [-0.3, -0.25) is 0 Å². The van der Waals surface area contributed by atoms with Crippen LogP contribution in [0.2, 0.25) is 0 Å². The highest BCUT2D eigenvalue weighted by Crippen LogP contribution is 2.17. The fourth-order valence-corrected chi connectivity index (χ4v) is 1.78.